The Kier molecular flexibility index (Phi) is 7.76. The second-order valence-corrected chi connectivity index (χ2v) is 8.61. The van der Waals surface area contributed by atoms with Gasteiger partial charge in [0, 0.05) is 30.2 Å². The first-order valence-electron chi connectivity index (χ1n) is 10.7. The number of anilines is 1. The van der Waals surface area contributed by atoms with E-state index in [-0.39, 0.29) is 5.56 Å². The molecule has 33 heavy (non-hydrogen) atoms. The van der Waals surface area contributed by atoms with E-state index in [1.807, 2.05) is 61.5 Å². The number of benzene rings is 2. The first-order chi connectivity index (χ1) is 16.2. The van der Waals surface area contributed by atoms with Crippen LogP contribution >= 0.6 is 11.8 Å². The lowest BCUT2D eigenvalue weighted by atomic mass is 10.1. The number of rotatable bonds is 11. The lowest BCUT2D eigenvalue weighted by Gasteiger charge is -2.08. The van der Waals surface area contributed by atoms with Crippen molar-refractivity contribution in [3.05, 3.63) is 99.5 Å². The van der Waals surface area contributed by atoms with Crippen molar-refractivity contribution >= 4 is 17.7 Å². The predicted octanol–water partition coefficient (Wildman–Crippen LogP) is 3.71. The molecular weight excluding hydrogens is 436 g/mol. The first-order valence-corrected chi connectivity index (χ1v) is 11.8. The van der Waals surface area contributed by atoms with E-state index in [9.17, 15) is 4.79 Å². The van der Waals surface area contributed by atoms with E-state index in [1.54, 1.807) is 18.1 Å². The molecule has 2 heterocycles. The largest absolute Gasteiger partial charge is 0.489 e. The Hall–Kier alpha value is -3.59. The molecule has 3 N–H and O–H groups in total. The summed E-state index contributed by atoms with van der Waals surface area (Å²) in [6.45, 7) is 3.17. The molecule has 0 amide bonds. The third-order valence-electron chi connectivity index (χ3n) is 5.00. The van der Waals surface area contributed by atoms with E-state index in [0.29, 0.717) is 31.2 Å². The molecule has 0 radical (unpaired) electrons. The molecule has 4 rings (SSSR count). The highest BCUT2D eigenvalue weighted by Crippen LogP contribution is 2.17. The number of H-pyrrole nitrogens is 2. The topological polar surface area (TPSA) is 109 Å². The van der Waals surface area contributed by atoms with Crippen molar-refractivity contribution in [3.63, 3.8) is 0 Å². The quantitative estimate of drug-likeness (QED) is 0.292. The Morgan fingerprint density at radius 2 is 1.88 bits per heavy atom. The minimum Gasteiger partial charge on any atom is -0.489 e. The van der Waals surface area contributed by atoms with Crippen LogP contribution in [-0.4, -0.2) is 37.4 Å². The van der Waals surface area contributed by atoms with Crippen molar-refractivity contribution < 1.29 is 4.74 Å². The molecule has 0 saturated carbocycles. The molecule has 2 aromatic heterocycles. The van der Waals surface area contributed by atoms with Gasteiger partial charge in [0.2, 0.25) is 5.95 Å². The number of hydrogen-bond donors (Lipinski definition) is 3. The summed E-state index contributed by atoms with van der Waals surface area (Å²) in [5.74, 6) is 2.82. The van der Waals surface area contributed by atoms with Crippen molar-refractivity contribution in [2.24, 2.45) is 0 Å². The number of nitrogens with one attached hydrogen (secondary N) is 3. The van der Waals surface area contributed by atoms with Gasteiger partial charge in [-0.2, -0.15) is 11.8 Å². The van der Waals surface area contributed by atoms with Crippen LogP contribution in [0.1, 0.15) is 28.2 Å². The number of hydrogen-bond acceptors (Lipinski definition) is 7. The zero-order valence-corrected chi connectivity index (χ0v) is 19.2. The molecule has 4 aromatic rings. The Bertz CT molecular complexity index is 1220. The number of nitrogens with zero attached hydrogens (tertiary/aromatic N) is 3. The molecule has 8 nitrogen and oxygen atoms in total. The van der Waals surface area contributed by atoms with Crippen LogP contribution in [0.3, 0.4) is 0 Å². The highest BCUT2D eigenvalue weighted by atomic mass is 32.2. The van der Waals surface area contributed by atoms with Gasteiger partial charge in [0.15, 0.2) is 0 Å². The van der Waals surface area contributed by atoms with Crippen molar-refractivity contribution in [1.82, 2.24) is 25.1 Å². The molecule has 0 aliphatic rings. The van der Waals surface area contributed by atoms with Gasteiger partial charge in [0.05, 0.1) is 12.0 Å². The average Bonchev–Trinajstić information content (AvgIpc) is 3.25. The zero-order valence-electron chi connectivity index (χ0n) is 18.4. The summed E-state index contributed by atoms with van der Waals surface area (Å²) in [4.78, 5) is 22.6. The maximum absolute atomic E-state index is 12.5. The van der Waals surface area contributed by atoms with Crippen molar-refractivity contribution in [2.45, 2.75) is 25.7 Å². The summed E-state index contributed by atoms with van der Waals surface area (Å²) in [6.07, 6.45) is 2.09. The third-order valence-corrected chi connectivity index (χ3v) is 5.97. The molecule has 0 bridgehead atoms. The lowest BCUT2D eigenvalue weighted by Crippen LogP contribution is -2.20. The van der Waals surface area contributed by atoms with Crippen LogP contribution in [0.2, 0.25) is 0 Å². The first kappa shape index (κ1) is 22.6. The molecule has 0 spiro atoms. The van der Waals surface area contributed by atoms with Crippen molar-refractivity contribution in [3.8, 4) is 5.75 Å². The molecular formula is C24H26N6O2S. The van der Waals surface area contributed by atoms with Crippen LogP contribution < -0.4 is 15.6 Å². The minimum absolute atomic E-state index is 0.247. The predicted molar refractivity (Wildman–Crippen MR) is 131 cm³/mol. The number of ether oxygens (including phenoxy) is 1. The van der Waals surface area contributed by atoms with E-state index in [2.05, 4.69) is 30.5 Å². The zero-order chi connectivity index (χ0) is 22.9. The van der Waals surface area contributed by atoms with E-state index < -0.39 is 0 Å². The number of aryl methyl sites for hydroxylation is 1. The molecule has 0 fully saturated rings. The maximum Gasteiger partial charge on any atom is 0.274 e. The van der Waals surface area contributed by atoms with Crippen LogP contribution in [-0.2, 0) is 18.8 Å². The lowest BCUT2D eigenvalue weighted by molar-refractivity contribution is 0.306. The van der Waals surface area contributed by atoms with Crippen LogP contribution in [0.5, 0.6) is 5.75 Å². The highest BCUT2D eigenvalue weighted by molar-refractivity contribution is 7.98. The van der Waals surface area contributed by atoms with Gasteiger partial charge in [-0.05, 0) is 30.2 Å². The fourth-order valence-electron chi connectivity index (χ4n) is 3.18. The van der Waals surface area contributed by atoms with Gasteiger partial charge in [-0.1, -0.05) is 42.5 Å². The minimum atomic E-state index is -0.247. The van der Waals surface area contributed by atoms with Crippen LogP contribution in [0.15, 0.2) is 65.7 Å². The standard InChI is InChI=1S/C24H26N6O2S/c1-17-22(27-16-26-17)15-33-11-10-25-24-28-23(31)21(29-30-24)13-19-8-5-9-20(12-19)32-14-18-6-3-2-4-7-18/h2-9,12,16H,10-11,13-15H2,1H3,(H,26,27)(H2,25,28,30,31). The van der Waals surface area contributed by atoms with Gasteiger partial charge >= 0.3 is 0 Å². The monoisotopic (exact) mass is 462 g/mol. The molecule has 0 aliphatic carbocycles. The molecule has 9 heteroatoms. The van der Waals surface area contributed by atoms with Crippen molar-refractivity contribution in [2.75, 3.05) is 17.6 Å². The number of imidazole rings is 1. The summed E-state index contributed by atoms with van der Waals surface area (Å²) >= 11 is 1.76. The molecule has 0 saturated heterocycles. The SMILES string of the molecule is Cc1[nH]cnc1CSCCNc1nnc(Cc2cccc(OCc3ccccc3)c2)c(=O)[nH]1. The third kappa shape index (κ3) is 6.69. The fourth-order valence-corrected chi connectivity index (χ4v) is 4.05. The number of aromatic nitrogens is 5. The van der Waals surface area contributed by atoms with Crippen molar-refractivity contribution in [1.29, 1.82) is 0 Å². The normalized spacial score (nSPS) is 10.8. The molecule has 0 aliphatic heterocycles. The summed E-state index contributed by atoms with van der Waals surface area (Å²) in [5, 5.41) is 11.4. The molecule has 170 valence electrons. The highest BCUT2D eigenvalue weighted by Gasteiger charge is 2.08. The van der Waals surface area contributed by atoms with Crippen LogP contribution in [0.25, 0.3) is 0 Å². The summed E-state index contributed by atoms with van der Waals surface area (Å²) in [7, 11) is 0. The summed E-state index contributed by atoms with van der Waals surface area (Å²) in [6, 6.07) is 17.7. The maximum atomic E-state index is 12.5. The van der Waals surface area contributed by atoms with E-state index in [1.165, 1.54) is 0 Å². The van der Waals surface area contributed by atoms with Crippen LogP contribution in [0.4, 0.5) is 5.95 Å². The Morgan fingerprint density at radius 3 is 2.67 bits per heavy atom. The van der Waals surface area contributed by atoms with Gasteiger partial charge in [0.1, 0.15) is 18.1 Å². The van der Waals surface area contributed by atoms with E-state index in [4.69, 9.17) is 4.74 Å². The number of aromatic amines is 2. The fraction of sp³-hybridized carbons (Fsp3) is 0.250. The smallest absolute Gasteiger partial charge is 0.274 e. The Balaban J connectivity index is 1.26. The Labute approximate surface area is 196 Å². The molecule has 0 atom stereocenters. The van der Waals surface area contributed by atoms with E-state index in [0.717, 1.165) is 39.8 Å². The molecule has 0 unspecified atom stereocenters. The van der Waals surface area contributed by atoms with Crippen LogP contribution in [0, 0.1) is 6.92 Å². The van der Waals surface area contributed by atoms with Gasteiger partial charge < -0.3 is 15.0 Å². The number of thioether (sulfide) groups is 1. The summed E-state index contributed by atoms with van der Waals surface area (Å²) in [5.41, 5.74) is 4.31. The van der Waals surface area contributed by atoms with E-state index >= 15 is 0 Å². The Morgan fingerprint density at radius 1 is 1.03 bits per heavy atom. The summed E-state index contributed by atoms with van der Waals surface area (Å²) < 4.78 is 5.87. The average molecular weight is 463 g/mol. The molecule has 2 aromatic carbocycles. The van der Waals surface area contributed by atoms with Gasteiger partial charge in [-0.3, -0.25) is 9.78 Å². The second kappa shape index (κ2) is 11.3. The van der Waals surface area contributed by atoms with Gasteiger partial charge in [-0.15, -0.1) is 10.2 Å². The van der Waals surface area contributed by atoms with Gasteiger partial charge in [-0.25, -0.2) is 4.98 Å². The second-order valence-electron chi connectivity index (χ2n) is 7.50. The van der Waals surface area contributed by atoms with Gasteiger partial charge in [0.25, 0.3) is 5.56 Å².